The van der Waals surface area contributed by atoms with Gasteiger partial charge in [0.2, 0.25) is 0 Å². The van der Waals surface area contributed by atoms with Gasteiger partial charge in [0.05, 0.1) is 34.0 Å². The van der Waals surface area contributed by atoms with E-state index in [0.717, 1.165) is 29.1 Å². The molecule has 1 aliphatic rings. The molecule has 0 bridgehead atoms. The van der Waals surface area contributed by atoms with Crippen LogP contribution in [-0.2, 0) is 14.3 Å². The zero-order chi connectivity index (χ0) is 29.0. The summed E-state index contributed by atoms with van der Waals surface area (Å²) >= 11 is 13.3. The first-order chi connectivity index (χ1) is 19.2. The van der Waals surface area contributed by atoms with Crippen molar-refractivity contribution in [3.05, 3.63) is 92.4 Å². The van der Waals surface area contributed by atoms with Gasteiger partial charge in [-0.05, 0) is 55.3 Å². The Balaban J connectivity index is 1.82. The molecule has 4 rings (SSSR count). The van der Waals surface area contributed by atoms with Gasteiger partial charge in [0.1, 0.15) is 23.0 Å². The summed E-state index contributed by atoms with van der Waals surface area (Å²) in [6.07, 6.45) is 3.32. The highest BCUT2D eigenvalue weighted by atomic mass is 35.5. The third-order valence-electron chi connectivity index (χ3n) is 6.11. The molecule has 1 amide bonds. The quantitative estimate of drug-likeness (QED) is 0.0673. The van der Waals surface area contributed by atoms with Crippen LogP contribution < -0.4 is 9.64 Å². The van der Waals surface area contributed by atoms with Crippen LogP contribution in [0.2, 0.25) is 10.0 Å². The standard InChI is InChI=1S/C29H26Cl2N2O6S/c1-4-6-14-38-19-10-7-17(8-11-19)24(34)22-23(18-9-12-20(30)21(31)15-18)33(27(36)25(22)35)29-32-16(3)26(40-29)28(37)39-13-5-2/h5,7-12,15,23,34H,2,4,6,13-14H2,1,3H3/b24-22+. The molecule has 1 aromatic heterocycles. The second-order valence-electron chi connectivity index (χ2n) is 8.87. The normalized spacial score (nSPS) is 16.3. The van der Waals surface area contributed by atoms with Crippen molar-refractivity contribution >= 4 is 63.1 Å². The number of thiazole rings is 1. The number of Topliss-reactive ketones (excluding diaryl/α,β-unsaturated/α-hetero) is 1. The highest BCUT2D eigenvalue weighted by Gasteiger charge is 2.48. The van der Waals surface area contributed by atoms with Crippen LogP contribution in [0.4, 0.5) is 5.13 Å². The van der Waals surface area contributed by atoms with Crippen molar-refractivity contribution in [3.8, 4) is 5.75 Å². The fourth-order valence-corrected chi connectivity index (χ4v) is 5.40. The molecule has 2 heterocycles. The molecule has 1 N–H and O–H groups in total. The third kappa shape index (κ3) is 5.91. The van der Waals surface area contributed by atoms with Gasteiger partial charge >= 0.3 is 11.9 Å². The van der Waals surface area contributed by atoms with E-state index in [1.807, 2.05) is 0 Å². The molecule has 1 aliphatic heterocycles. The molecule has 0 aliphatic carbocycles. The Morgan fingerprint density at radius 2 is 1.90 bits per heavy atom. The summed E-state index contributed by atoms with van der Waals surface area (Å²) in [6, 6.07) is 10.1. The lowest BCUT2D eigenvalue weighted by Gasteiger charge is -2.23. The van der Waals surface area contributed by atoms with Crippen LogP contribution in [0.3, 0.4) is 0 Å². The fourth-order valence-electron chi connectivity index (χ4n) is 4.10. The maximum atomic E-state index is 13.4. The topological polar surface area (TPSA) is 106 Å². The van der Waals surface area contributed by atoms with Crippen LogP contribution in [0, 0.1) is 6.92 Å². The maximum absolute atomic E-state index is 13.4. The lowest BCUT2D eigenvalue weighted by Crippen LogP contribution is -2.29. The first-order valence-electron chi connectivity index (χ1n) is 12.4. The van der Waals surface area contributed by atoms with E-state index >= 15 is 0 Å². The van der Waals surface area contributed by atoms with Gasteiger partial charge in [0, 0.05) is 5.56 Å². The minimum Gasteiger partial charge on any atom is -0.507 e. The Labute approximate surface area is 245 Å². The third-order valence-corrected chi connectivity index (χ3v) is 7.98. The number of ketones is 1. The van der Waals surface area contributed by atoms with E-state index in [0.29, 0.717) is 29.2 Å². The van der Waals surface area contributed by atoms with Gasteiger partial charge in [-0.1, -0.05) is 66.6 Å². The number of amides is 1. The van der Waals surface area contributed by atoms with Crippen molar-refractivity contribution in [1.29, 1.82) is 0 Å². The Morgan fingerprint density at radius 1 is 1.18 bits per heavy atom. The Bertz CT molecular complexity index is 1500. The second-order valence-corrected chi connectivity index (χ2v) is 10.7. The molecule has 8 nitrogen and oxygen atoms in total. The summed E-state index contributed by atoms with van der Waals surface area (Å²) in [5, 5.41) is 11.9. The Kier molecular flexibility index (Phi) is 9.29. The van der Waals surface area contributed by atoms with Crippen LogP contribution in [0.15, 0.2) is 60.7 Å². The Morgan fingerprint density at radius 3 is 2.55 bits per heavy atom. The number of rotatable bonds is 10. The summed E-state index contributed by atoms with van der Waals surface area (Å²) in [6.45, 7) is 7.74. The van der Waals surface area contributed by atoms with Gasteiger partial charge in [0.25, 0.3) is 5.78 Å². The van der Waals surface area contributed by atoms with Gasteiger partial charge in [-0.3, -0.25) is 14.5 Å². The second kappa shape index (κ2) is 12.7. The molecule has 0 spiro atoms. The monoisotopic (exact) mass is 600 g/mol. The number of carbonyl (C=O) groups excluding carboxylic acids is 3. The molecule has 1 saturated heterocycles. The molecule has 1 unspecified atom stereocenters. The number of hydrogen-bond donors (Lipinski definition) is 1. The van der Waals surface area contributed by atoms with Crippen molar-refractivity contribution in [2.75, 3.05) is 18.1 Å². The molecule has 2 aromatic carbocycles. The summed E-state index contributed by atoms with van der Waals surface area (Å²) in [4.78, 5) is 45.1. The van der Waals surface area contributed by atoms with Crippen molar-refractivity contribution in [3.63, 3.8) is 0 Å². The highest BCUT2D eigenvalue weighted by Crippen LogP contribution is 2.45. The van der Waals surface area contributed by atoms with Crippen molar-refractivity contribution in [2.45, 2.75) is 32.7 Å². The number of halogens is 2. The number of nitrogens with zero attached hydrogens (tertiary/aromatic N) is 2. The fraction of sp³-hybridized carbons (Fsp3) is 0.241. The number of ether oxygens (including phenoxy) is 2. The average molecular weight is 602 g/mol. The summed E-state index contributed by atoms with van der Waals surface area (Å²) in [5.74, 6) is -2.24. The number of aryl methyl sites for hydroxylation is 1. The first kappa shape index (κ1) is 29.3. The van der Waals surface area contributed by atoms with Crippen LogP contribution in [-0.4, -0.2) is 41.0 Å². The predicted molar refractivity (Wildman–Crippen MR) is 155 cm³/mol. The lowest BCUT2D eigenvalue weighted by atomic mass is 9.95. The number of anilines is 1. The molecule has 0 saturated carbocycles. The van der Waals surface area contributed by atoms with Crippen LogP contribution in [0.5, 0.6) is 5.75 Å². The number of esters is 1. The number of benzene rings is 2. The Hall–Kier alpha value is -3.66. The van der Waals surface area contributed by atoms with E-state index in [9.17, 15) is 19.5 Å². The van der Waals surface area contributed by atoms with E-state index in [-0.39, 0.29) is 38.0 Å². The highest BCUT2D eigenvalue weighted by molar-refractivity contribution is 7.17. The van der Waals surface area contributed by atoms with Gasteiger partial charge in [-0.15, -0.1) is 0 Å². The number of hydrogen-bond acceptors (Lipinski definition) is 8. The van der Waals surface area contributed by atoms with Crippen molar-refractivity contribution < 1.29 is 29.0 Å². The largest absolute Gasteiger partial charge is 0.507 e. The van der Waals surface area contributed by atoms with Crippen molar-refractivity contribution in [2.24, 2.45) is 0 Å². The van der Waals surface area contributed by atoms with Crippen LogP contribution in [0.1, 0.15) is 52.3 Å². The molecule has 1 fully saturated rings. The molecular formula is C29H26Cl2N2O6S. The van der Waals surface area contributed by atoms with Crippen LogP contribution in [0.25, 0.3) is 5.76 Å². The molecule has 3 aromatic rings. The minimum absolute atomic E-state index is 0.00171. The van der Waals surface area contributed by atoms with Gasteiger partial charge in [-0.25, -0.2) is 9.78 Å². The van der Waals surface area contributed by atoms with Gasteiger partial charge < -0.3 is 14.6 Å². The molecule has 0 radical (unpaired) electrons. The van der Waals surface area contributed by atoms with Crippen molar-refractivity contribution in [1.82, 2.24) is 4.98 Å². The van der Waals surface area contributed by atoms with Crippen LogP contribution >= 0.6 is 34.5 Å². The van der Waals surface area contributed by atoms with E-state index in [1.54, 1.807) is 37.3 Å². The smallest absolute Gasteiger partial charge is 0.350 e. The molecule has 208 valence electrons. The van der Waals surface area contributed by atoms with Gasteiger partial charge in [0.15, 0.2) is 5.13 Å². The van der Waals surface area contributed by atoms with E-state index in [4.69, 9.17) is 32.7 Å². The summed E-state index contributed by atoms with van der Waals surface area (Å²) in [7, 11) is 0. The maximum Gasteiger partial charge on any atom is 0.350 e. The molecule has 40 heavy (non-hydrogen) atoms. The zero-order valence-corrected chi connectivity index (χ0v) is 24.1. The molecule has 1 atom stereocenters. The molecular weight excluding hydrogens is 575 g/mol. The average Bonchev–Trinajstić information content (AvgIpc) is 3.45. The SMILES string of the molecule is C=CCOC(=O)c1sc(N2C(=O)C(=O)/C(=C(/O)c3ccc(OCCCC)cc3)C2c2ccc(Cl)c(Cl)c2)nc1C. The van der Waals surface area contributed by atoms with Gasteiger partial charge in [-0.2, -0.15) is 0 Å². The minimum atomic E-state index is -1.10. The summed E-state index contributed by atoms with van der Waals surface area (Å²) in [5.41, 5.74) is 0.891. The summed E-state index contributed by atoms with van der Waals surface area (Å²) < 4.78 is 10.8. The first-order valence-corrected chi connectivity index (χ1v) is 14.0. The number of unbranched alkanes of at least 4 members (excludes halogenated alkanes) is 1. The molecule has 11 heteroatoms. The number of aromatic nitrogens is 1. The zero-order valence-electron chi connectivity index (χ0n) is 21.8. The lowest BCUT2D eigenvalue weighted by molar-refractivity contribution is -0.132. The van der Waals surface area contributed by atoms with E-state index < -0.39 is 23.7 Å². The van der Waals surface area contributed by atoms with E-state index in [2.05, 4.69) is 18.5 Å². The number of carbonyl (C=O) groups is 3. The number of aliphatic hydroxyl groups excluding tert-OH is 1. The predicted octanol–water partition coefficient (Wildman–Crippen LogP) is 6.91. The van der Waals surface area contributed by atoms with E-state index in [1.165, 1.54) is 18.2 Å². The number of aliphatic hydroxyl groups is 1.